The first-order valence-corrected chi connectivity index (χ1v) is 12.6. The van der Waals surface area contributed by atoms with Crippen molar-refractivity contribution in [1.29, 1.82) is 0 Å². The van der Waals surface area contributed by atoms with Crippen molar-refractivity contribution in [2.45, 2.75) is 58.7 Å². The Hall–Kier alpha value is -1.44. The van der Waals surface area contributed by atoms with E-state index in [1.54, 1.807) is 11.3 Å². The fraction of sp³-hybridized carbons (Fsp3) is 0.750. The van der Waals surface area contributed by atoms with Crippen molar-refractivity contribution in [2.24, 2.45) is 23.7 Å². The lowest BCUT2D eigenvalue weighted by molar-refractivity contribution is -0.159. The van der Waals surface area contributed by atoms with Crippen LogP contribution in [0.25, 0.3) is 0 Å². The predicted octanol–water partition coefficient (Wildman–Crippen LogP) is 3.58. The highest BCUT2D eigenvalue weighted by Gasteiger charge is 2.52. The molecule has 1 saturated carbocycles. The van der Waals surface area contributed by atoms with E-state index in [2.05, 4.69) is 34.7 Å². The Morgan fingerprint density at radius 1 is 1.35 bits per heavy atom. The van der Waals surface area contributed by atoms with Gasteiger partial charge in [-0.15, -0.1) is 11.3 Å². The summed E-state index contributed by atoms with van der Waals surface area (Å²) < 4.78 is 5.54. The maximum atomic E-state index is 11.8. The molecule has 3 aliphatic rings. The molecule has 6 atom stereocenters. The van der Waals surface area contributed by atoms with Crippen LogP contribution in [0.1, 0.15) is 47.0 Å². The summed E-state index contributed by atoms with van der Waals surface area (Å²) in [7, 11) is 0. The molecule has 1 aromatic rings. The molecular formula is C24H37N3O3S. The van der Waals surface area contributed by atoms with Crippen molar-refractivity contribution in [1.82, 2.24) is 9.88 Å². The number of hydrogen-bond donors (Lipinski definition) is 1. The summed E-state index contributed by atoms with van der Waals surface area (Å²) in [5.74, 6) is 1.03. The molecule has 7 heteroatoms. The minimum Gasteiger partial charge on any atom is -0.458 e. The molecule has 31 heavy (non-hydrogen) atoms. The topological polar surface area (TPSA) is 65.9 Å². The van der Waals surface area contributed by atoms with Crippen LogP contribution in [0.15, 0.2) is 23.2 Å². The Labute approximate surface area is 190 Å². The van der Waals surface area contributed by atoms with Gasteiger partial charge in [0.1, 0.15) is 6.10 Å². The third-order valence-electron chi connectivity index (χ3n) is 7.93. The fourth-order valence-corrected chi connectivity index (χ4v) is 6.73. The number of aromatic nitrogens is 1. The van der Waals surface area contributed by atoms with Gasteiger partial charge in [-0.05, 0) is 43.1 Å². The van der Waals surface area contributed by atoms with Gasteiger partial charge in [-0.3, -0.25) is 9.69 Å². The van der Waals surface area contributed by atoms with E-state index in [-0.39, 0.29) is 23.9 Å². The number of carbonyl (C=O) groups is 1. The van der Waals surface area contributed by atoms with Crippen molar-refractivity contribution >= 4 is 22.4 Å². The second-order valence-electron chi connectivity index (χ2n) is 9.95. The van der Waals surface area contributed by atoms with E-state index < -0.39 is 5.60 Å². The van der Waals surface area contributed by atoms with Crippen molar-refractivity contribution in [3.63, 3.8) is 0 Å². The summed E-state index contributed by atoms with van der Waals surface area (Å²) in [5, 5.41) is 14.9. The first-order chi connectivity index (χ1) is 14.8. The molecule has 0 spiro atoms. The Kier molecular flexibility index (Phi) is 6.75. The second kappa shape index (κ2) is 9.20. The van der Waals surface area contributed by atoms with Gasteiger partial charge in [-0.2, -0.15) is 0 Å². The molecule has 1 N–H and O–H groups in total. The zero-order chi connectivity index (χ0) is 22.2. The van der Waals surface area contributed by atoms with Gasteiger partial charge < -0.3 is 14.7 Å². The number of hydrogen-bond acceptors (Lipinski definition) is 7. The summed E-state index contributed by atoms with van der Waals surface area (Å²) in [6.07, 6.45) is 6.51. The third kappa shape index (κ3) is 4.69. The average molecular weight is 448 g/mol. The van der Waals surface area contributed by atoms with Gasteiger partial charge in [-0.1, -0.05) is 19.9 Å². The maximum Gasteiger partial charge on any atom is 0.303 e. The molecular weight excluding hydrogens is 410 g/mol. The normalized spacial score (nSPS) is 35.3. The Morgan fingerprint density at radius 3 is 2.74 bits per heavy atom. The number of fused-ring (bicyclic) bond motifs is 1. The highest BCUT2D eigenvalue weighted by atomic mass is 32.1. The Bertz CT molecular complexity index is 790. The van der Waals surface area contributed by atoms with Crippen LogP contribution < -0.4 is 4.90 Å². The summed E-state index contributed by atoms with van der Waals surface area (Å²) >= 11 is 1.71. The Balaban J connectivity index is 1.42. The minimum atomic E-state index is -0.791. The van der Waals surface area contributed by atoms with Gasteiger partial charge in [0.2, 0.25) is 0 Å². The predicted molar refractivity (Wildman–Crippen MR) is 124 cm³/mol. The lowest BCUT2D eigenvalue weighted by Gasteiger charge is -2.53. The number of ether oxygens (including phenoxy) is 1. The second-order valence-corrected chi connectivity index (χ2v) is 10.8. The van der Waals surface area contributed by atoms with E-state index in [1.165, 1.54) is 6.92 Å². The fourth-order valence-electron chi connectivity index (χ4n) is 6.03. The van der Waals surface area contributed by atoms with E-state index in [4.69, 9.17) is 4.74 Å². The van der Waals surface area contributed by atoms with E-state index in [0.29, 0.717) is 18.3 Å². The molecule has 4 rings (SSSR count). The third-order valence-corrected chi connectivity index (χ3v) is 8.77. The Morgan fingerprint density at radius 2 is 2.10 bits per heavy atom. The van der Waals surface area contributed by atoms with Gasteiger partial charge in [0, 0.05) is 63.6 Å². The molecule has 0 bridgehead atoms. The smallest absolute Gasteiger partial charge is 0.303 e. The van der Waals surface area contributed by atoms with Gasteiger partial charge in [0.05, 0.1) is 5.60 Å². The molecule has 1 unspecified atom stereocenters. The molecule has 0 aromatic carbocycles. The largest absolute Gasteiger partial charge is 0.458 e. The highest BCUT2D eigenvalue weighted by molar-refractivity contribution is 7.13. The van der Waals surface area contributed by atoms with Crippen LogP contribution in [0, 0.1) is 23.7 Å². The number of piperazine rings is 1. The molecule has 6 nitrogen and oxygen atoms in total. The van der Waals surface area contributed by atoms with Crippen LogP contribution in [0.2, 0.25) is 0 Å². The van der Waals surface area contributed by atoms with E-state index in [9.17, 15) is 9.90 Å². The minimum absolute atomic E-state index is 0.134. The summed E-state index contributed by atoms with van der Waals surface area (Å²) in [6, 6.07) is 0. The number of aliphatic hydroxyl groups is 1. The van der Waals surface area contributed by atoms with Crippen molar-refractivity contribution in [3.8, 4) is 0 Å². The lowest BCUT2D eigenvalue weighted by Crippen LogP contribution is -2.56. The molecule has 2 aliphatic carbocycles. The van der Waals surface area contributed by atoms with Crippen LogP contribution in [0.5, 0.6) is 0 Å². The van der Waals surface area contributed by atoms with E-state index in [0.717, 1.165) is 56.3 Å². The molecule has 172 valence electrons. The van der Waals surface area contributed by atoms with Crippen molar-refractivity contribution < 1.29 is 14.6 Å². The molecule has 1 aromatic heterocycles. The van der Waals surface area contributed by atoms with Crippen LogP contribution in [0.3, 0.4) is 0 Å². The first-order valence-electron chi connectivity index (χ1n) is 11.7. The molecule has 0 radical (unpaired) electrons. The lowest BCUT2D eigenvalue weighted by atomic mass is 9.57. The van der Waals surface area contributed by atoms with E-state index in [1.807, 2.05) is 18.5 Å². The van der Waals surface area contributed by atoms with Gasteiger partial charge in [-0.25, -0.2) is 4.98 Å². The zero-order valence-corrected chi connectivity index (χ0v) is 20.1. The molecule has 2 fully saturated rings. The summed E-state index contributed by atoms with van der Waals surface area (Å²) in [4.78, 5) is 21.0. The zero-order valence-electron chi connectivity index (χ0n) is 19.3. The number of nitrogens with zero attached hydrogens (tertiary/aromatic N) is 3. The number of rotatable bonds is 5. The van der Waals surface area contributed by atoms with Crippen molar-refractivity contribution in [2.75, 3.05) is 37.6 Å². The van der Waals surface area contributed by atoms with Crippen LogP contribution >= 0.6 is 11.3 Å². The number of carbonyl (C=O) groups excluding carboxylic acids is 1. The quantitative estimate of drug-likeness (QED) is 0.550. The van der Waals surface area contributed by atoms with Crippen LogP contribution in [-0.2, 0) is 9.53 Å². The number of esters is 1. The van der Waals surface area contributed by atoms with Gasteiger partial charge >= 0.3 is 5.97 Å². The van der Waals surface area contributed by atoms with Crippen molar-refractivity contribution in [3.05, 3.63) is 23.2 Å². The number of anilines is 1. The molecule has 0 amide bonds. The van der Waals surface area contributed by atoms with Gasteiger partial charge in [0.25, 0.3) is 0 Å². The van der Waals surface area contributed by atoms with Crippen LogP contribution in [0.4, 0.5) is 5.13 Å². The SMILES string of the molecule is CC(=O)O[C@@H]1C[C@@]2(O)[C@H](C)CC[C@@H](C(C)CN3CCN(c4nccs4)CC3)[C@H]2C=C1C. The monoisotopic (exact) mass is 447 g/mol. The molecule has 1 aliphatic heterocycles. The molecule has 1 saturated heterocycles. The highest BCUT2D eigenvalue weighted by Crippen LogP contribution is 2.51. The maximum absolute atomic E-state index is 11.8. The standard InChI is InChI=1S/C24H37N3O3S/c1-16-13-21-20(6-5-18(3)24(21,29)14-22(16)30-19(4)28)17(2)15-26-8-10-27(11-9-26)23-25-7-12-31-23/h7,12-13,17-18,20-22,29H,5-6,8-11,14-15H2,1-4H3/t17?,18-,20+,21-,22-,24-/m1/s1. The van der Waals surface area contributed by atoms with Gasteiger partial charge in [0.15, 0.2) is 5.13 Å². The first kappa shape index (κ1) is 22.7. The molecule has 2 heterocycles. The average Bonchev–Trinajstić information content (AvgIpc) is 3.25. The summed E-state index contributed by atoms with van der Waals surface area (Å²) in [5.41, 5.74) is 0.300. The number of thiazole rings is 1. The van der Waals surface area contributed by atoms with Crippen LogP contribution in [-0.4, -0.2) is 65.4 Å². The van der Waals surface area contributed by atoms with E-state index >= 15 is 0 Å². The summed E-state index contributed by atoms with van der Waals surface area (Å²) in [6.45, 7) is 13.3.